The molecule has 0 fully saturated rings. The van der Waals surface area contributed by atoms with Crippen molar-refractivity contribution >= 4 is 12.2 Å². The maximum Gasteiger partial charge on any atom is 0.407 e. The number of methoxy groups -OCH3 is 2. The predicted molar refractivity (Wildman–Crippen MR) is 93.2 cm³/mol. The molecule has 0 saturated carbocycles. The summed E-state index contributed by atoms with van der Waals surface area (Å²) in [5.74, 6) is 0.305. The van der Waals surface area contributed by atoms with Crippen LogP contribution in [0.4, 0.5) is 9.18 Å². The number of ether oxygens (including phenoxy) is 3. The molecule has 5 nitrogen and oxygen atoms in total. The van der Waals surface area contributed by atoms with E-state index in [1.54, 1.807) is 12.2 Å². The van der Waals surface area contributed by atoms with E-state index in [0.717, 1.165) is 5.56 Å². The van der Waals surface area contributed by atoms with Gasteiger partial charge in [-0.15, -0.1) is 0 Å². The van der Waals surface area contributed by atoms with Crippen molar-refractivity contribution in [3.05, 3.63) is 65.5 Å². The number of halogens is 1. The Kier molecular flexibility index (Phi) is 6.83. The van der Waals surface area contributed by atoms with Gasteiger partial charge in [-0.25, -0.2) is 9.18 Å². The highest BCUT2D eigenvalue weighted by Crippen LogP contribution is 2.30. The molecule has 0 radical (unpaired) electrons. The second kappa shape index (κ2) is 9.32. The van der Waals surface area contributed by atoms with Crippen LogP contribution in [0.15, 0.2) is 48.5 Å². The van der Waals surface area contributed by atoms with E-state index in [0.29, 0.717) is 17.1 Å². The van der Waals surface area contributed by atoms with Crippen LogP contribution < -0.4 is 14.8 Å². The topological polar surface area (TPSA) is 56.8 Å². The number of benzene rings is 2. The monoisotopic (exact) mass is 345 g/mol. The highest BCUT2D eigenvalue weighted by molar-refractivity contribution is 5.67. The molecule has 1 N–H and O–H groups in total. The maximum atomic E-state index is 13.9. The fourth-order valence-corrected chi connectivity index (χ4v) is 2.10. The van der Waals surface area contributed by atoms with Crippen LogP contribution in [0.3, 0.4) is 0 Å². The molecule has 0 atom stereocenters. The standard InChI is InChI=1S/C19H20FNO4/c1-23-17-11-15(16(20)12-18(17)24-2)9-6-10-21-19(22)25-13-14-7-4-3-5-8-14/h3-9,11-12H,10,13H2,1-2H3,(H,21,22). The Hall–Kier alpha value is -3.02. The van der Waals surface area contributed by atoms with E-state index < -0.39 is 11.9 Å². The van der Waals surface area contributed by atoms with Crippen LogP contribution in [0.1, 0.15) is 11.1 Å². The fourth-order valence-electron chi connectivity index (χ4n) is 2.10. The van der Waals surface area contributed by atoms with E-state index in [-0.39, 0.29) is 13.2 Å². The zero-order valence-electron chi connectivity index (χ0n) is 14.1. The summed E-state index contributed by atoms with van der Waals surface area (Å²) in [6.07, 6.45) is 2.63. The van der Waals surface area contributed by atoms with Crippen molar-refractivity contribution in [2.24, 2.45) is 0 Å². The largest absolute Gasteiger partial charge is 0.493 e. The molecular weight excluding hydrogens is 325 g/mol. The van der Waals surface area contributed by atoms with Gasteiger partial charge < -0.3 is 19.5 Å². The minimum Gasteiger partial charge on any atom is -0.493 e. The van der Waals surface area contributed by atoms with Crippen molar-refractivity contribution in [2.45, 2.75) is 6.61 Å². The molecule has 2 aromatic rings. The third kappa shape index (κ3) is 5.53. The van der Waals surface area contributed by atoms with Crippen molar-refractivity contribution in [1.82, 2.24) is 5.32 Å². The zero-order valence-corrected chi connectivity index (χ0v) is 14.1. The number of alkyl carbamates (subject to hydrolysis) is 1. The average Bonchev–Trinajstić information content (AvgIpc) is 2.65. The first-order chi connectivity index (χ1) is 12.1. The number of hydrogen-bond acceptors (Lipinski definition) is 4. The van der Waals surface area contributed by atoms with Gasteiger partial charge in [-0.3, -0.25) is 0 Å². The highest BCUT2D eigenvalue weighted by Gasteiger charge is 2.09. The number of carbonyl (C=O) groups excluding carboxylic acids is 1. The van der Waals surface area contributed by atoms with E-state index >= 15 is 0 Å². The molecule has 6 heteroatoms. The first-order valence-electron chi connectivity index (χ1n) is 7.66. The number of rotatable bonds is 7. The molecule has 0 saturated heterocycles. The van der Waals surface area contributed by atoms with E-state index in [1.165, 1.54) is 26.4 Å². The van der Waals surface area contributed by atoms with E-state index in [9.17, 15) is 9.18 Å². The lowest BCUT2D eigenvalue weighted by molar-refractivity contribution is 0.141. The summed E-state index contributed by atoms with van der Waals surface area (Å²) in [4.78, 5) is 11.6. The molecule has 0 aromatic heterocycles. The van der Waals surface area contributed by atoms with E-state index in [4.69, 9.17) is 14.2 Å². The Bertz CT molecular complexity index is 732. The van der Waals surface area contributed by atoms with Gasteiger partial charge in [-0.2, -0.15) is 0 Å². The molecule has 0 aliphatic carbocycles. The van der Waals surface area contributed by atoms with Gasteiger partial charge in [0.05, 0.1) is 14.2 Å². The van der Waals surface area contributed by atoms with Gasteiger partial charge in [0.15, 0.2) is 11.5 Å². The van der Waals surface area contributed by atoms with E-state index in [2.05, 4.69) is 5.32 Å². The Morgan fingerprint density at radius 2 is 1.80 bits per heavy atom. The van der Waals surface area contributed by atoms with Gasteiger partial charge in [0.2, 0.25) is 0 Å². The number of carbonyl (C=O) groups is 1. The Balaban J connectivity index is 1.83. The minimum absolute atomic E-state index is 0.195. The number of amides is 1. The van der Waals surface area contributed by atoms with Crippen molar-refractivity contribution in [1.29, 1.82) is 0 Å². The van der Waals surface area contributed by atoms with Crippen molar-refractivity contribution in [3.8, 4) is 11.5 Å². The van der Waals surface area contributed by atoms with Gasteiger partial charge in [-0.05, 0) is 11.6 Å². The number of nitrogens with one attached hydrogen (secondary N) is 1. The predicted octanol–water partition coefficient (Wildman–Crippen LogP) is 3.78. The normalized spacial score (nSPS) is 10.5. The molecule has 0 aliphatic rings. The molecule has 2 aromatic carbocycles. The van der Waals surface area contributed by atoms with Crippen LogP contribution in [0, 0.1) is 5.82 Å². The lowest BCUT2D eigenvalue weighted by Gasteiger charge is -2.09. The lowest BCUT2D eigenvalue weighted by Crippen LogP contribution is -2.24. The van der Waals surface area contributed by atoms with Crippen molar-refractivity contribution in [2.75, 3.05) is 20.8 Å². The molecule has 0 spiro atoms. The quantitative estimate of drug-likeness (QED) is 0.830. The van der Waals surface area contributed by atoms with Gasteiger partial charge >= 0.3 is 6.09 Å². The zero-order chi connectivity index (χ0) is 18.1. The van der Waals surface area contributed by atoms with Gasteiger partial charge in [0, 0.05) is 18.2 Å². The smallest absolute Gasteiger partial charge is 0.407 e. The summed E-state index contributed by atoms with van der Waals surface area (Å²) < 4.78 is 29.2. The molecule has 0 aliphatic heterocycles. The summed E-state index contributed by atoms with van der Waals surface area (Å²) in [7, 11) is 2.92. The minimum atomic E-state index is -0.540. The Labute approximate surface area is 146 Å². The third-order valence-electron chi connectivity index (χ3n) is 3.38. The van der Waals surface area contributed by atoms with Crippen molar-refractivity contribution < 1.29 is 23.4 Å². The van der Waals surface area contributed by atoms with Crippen LogP contribution in [-0.2, 0) is 11.3 Å². The molecule has 132 valence electrons. The second-order valence-corrected chi connectivity index (χ2v) is 5.07. The third-order valence-corrected chi connectivity index (χ3v) is 3.38. The molecular formula is C19H20FNO4. The SMILES string of the molecule is COc1cc(F)c(C=CCNC(=O)OCc2ccccc2)cc1OC. The first-order valence-corrected chi connectivity index (χ1v) is 7.66. The first kappa shape index (κ1) is 18.3. The second-order valence-electron chi connectivity index (χ2n) is 5.07. The van der Waals surface area contributed by atoms with Crippen LogP contribution >= 0.6 is 0 Å². The highest BCUT2D eigenvalue weighted by atomic mass is 19.1. The van der Waals surface area contributed by atoms with E-state index in [1.807, 2.05) is 30.3 Å². The molecule has 25 heavy (non-hydrogen) atoms. The van der Waals surface area contributed by atoms with Crippen LogP contribution in [0.25, 0.3) is 6.08 Å². The molecule has 0 heterocycles. The van der Waals surface area contributed by atoms with Crippen molar-refractivity contribution in [3.63, 3.8) is 0 Å². The lowest BCUT2D eigenvalue weighted by atomic mass is 10.1. The number of hydrogen-bond donors (Lipinski definition) is 1. The fraction of sp³-hybridized carbons (Fsp3) is 0.211. The summed E-state index contributed by atoms with van der Waals surface area (Å²) >= 11 is 0. The summed E-state index contributed by atoms with van der Waals surface area (Å²) in [5.41, 5.74) is 1.23. The van der Waals surface area contributed by atoms with Crippen LogP contribution in [0.2, 0.25) is 0 Å². The molecule has 2 rings (SSSR count). The summed E-state index contributed by atoms with van der Waals surface area (Å²) in [5, 5.41) is 2.57. The van der Waals surface area contributed by atoms with Crippen LogP contribution in [0.5, 0.6) is 11.5 Å². The van der Waals surface area contributed by atoms with Gasteiger partial charge in [0.25, 0.3) is 0 Å². The molecule has 1 amide bonds. The Morgan fingerprint density at radius 3 is 2.48 bits per heavy atom. The van der Waals surface area contributed by atoms with Gasteiger partial charge in [-0.1, -0.05) is 42.5 Å². The average molecular weight is 345 g/mol. The summed E-state index contributed by atoms with van der Waals surface area (Å²) in [6, 6.07) is 12.1. The van der Waals surface area contributed by atoms with Gasteiger partial charge in [0.1, 0.15) is 12.4 Å². The Morgan fingerprint density at radius 1 is 1.12 bits per heavy atom. The molecule has 0 unspecified atom stereocenters. The van der Waals surface area contributed by atoms with Crippen LogP contribution in [-0.4, -0.2) is 26.9 Å². The molecule has 0 bridgehead atoms. The summed E-state index contributed by atoms with van der Waals surface area (Å²) in [6.45, 7) is 0.405. The maximum absolute atomic E-state index is 13.9.